The third-order valence-corrected chi connectivity index (χ3v) is 3.33. The molecule has 0 bridgehead atoms. The zero-order valence-corrected chi connectivity index (χ0v) is 11.1. The van der Waals surface area contributed by atoms with Crippen LogP contribution in [0.1, 0.15) is 18.4 Å². The first-order chi connectivity index (χ1) is 9.10. The molecule has 0 unspecified atom stereocenters. The molecule has 6 nitrogen and oxygen atoms in total. The number of likely N-dealkylation sites (tertiary alicyclic amines) is 1. The van der Waals surface area contributed by atoms with E-state index in [9.17, 15) is 0 Å². The summed E-state index contributed by atoms with van der Waals surface area (Å²) in [5, 5.41) is 9.07. The van der Waals surface area contributed by atoms with Crippen molar-refractivity contribution in [3.8, 4) is 11.9 Å². The van der Waals surface area contributed by atoms with E-state index in [0.29, 0.717) is 18.2 Å². The summed E-state index contributed by atoms with van der Waals surface area (Å²) in [5.74, 6) is 0.968. The van der Waals surface area contributed by atoms with Crippen molar-refractivity contribution in [3.63, 3.8) is 0 Å². The monoisotopic (exact) mass is 261 g/mol. The van der Waals surface area contributed by atoms with Crippen molar-refractivity contribution < 1.29 is 4.74 Å². The normalized spacial score (nSPS) is 19.9. The van der Waals surface area contributed by atoms with E-state index in [4.69, 9.17) is 21.5 Å². The van der Waals surface area contributed by atoms with Crippen molar-refractivity contribution in [2.45, 2.75) is 12.8 Å². The van der Waals surface area contributed by atoms with Crippen molar-refractivity contribution in [2.75, 3.05) is 38.2 Å². The topological polar surface area (TPSA) is 101 Å². The van der Waals surface area contributed by atoms with Crippen molar-refractivity contribution in [1.29, 1.82) is 5.26 Å². The van der Waals surface area contributed by atoms with Gasteiger partial charge in [0.25, 0.3) is 0 Å². The van der Waals surface area contributed by atoms with Crippen LogP contribution in [0.3, 0.4) is 0 Å². The Hall–Kier alpha value is -2.00. The lowest BCUT2D eigenvalue weighted by Crippen LogP contribution is -2.34. The second-order valence-corrected chi connectivity index (χ2v) is 5.01. The number of nitrogens with zero attached hydrogens (tertiary/aromatic N) is 3. The number of hydrogen-bond acceptors (Lipinski definition) is 6. The number of piperidine rings is 1. The Morgan fingerprint density at radius 3 is 3.05 bits per heavy atom. The maximum absolute atomic E-state index is 9.07. The van der Waals surface area contributed by atoms with Crippen LogP contribution in [-0.2, 0) is 0 Å². The van der Waals surface area contributed by atoms with E-state index in [-0.39, 0.29) is 17.3 Å². The number of hydrogen-bond donors (Lipinski definition) is 2. The van der Waals surface area contributed by atoms with Crippen LogP contribution >= 0.6 is 0 Å². The van der Waals surface area contributed by atoms with Crippen molar-refractivity contribution in [2.24, 2.45) is 5.92 Å². The van der Waals surface area contributed by atoms with Crippen molar-refractivity contribution >= 4 is 11.5 Å². The van der Waals surface area contributed by atoms with Gasteiger partial charge >= 0.3 is 0 Å². The molecule has 1 aromatic rings. The lowest BCUT2D eigenvalue weighted by Gasteiger charge is -2.29. The molecule has 0 aromatic carbocycles. The van der Waals surface area contributed by atoms with Gasteiger partial charge < -0.3 is 21.1 Å². The molecule has 1 aromatic heterocycles. The Balaban J connectivity index is 2.05. The molecule has 0 aliphatic carbocycles. The standard InChI is InChI=1S/C13H19N5O/c1-18-4-2-3-9(7-18)8-19-13-10(6-14)11(15)5-12(16)17-13/h5,9H,2-4,7-8H2,1H3,(H4,15,16,17)/t9-/m0/s1. The molecule has 1 aliphatic heterocycles. The number of pyridine rings is 1. The van der Waals surface area contributed by atoms with E-state index in [1.54, 1.807) is 0 Å². The summed E-state index contributed by atoms with van der Waals surface area (Å²) in [6, 6.07) is 3.48. The van der Waals surface area contributed by atoms with Gasteiger partial charge in [0.2, 0.25) is 5.88 Å². The van der Waals surface area contributed by atoms with E-state index in [2.05, 4.69) is 16.9 Å². The fourth-order valence-corrected chi connectivity index (χ4v) is 2.38. The van der Waals surface area contributed by atoms with E-state index >= 15 is 0 Å². The highest BCUT2D eigenvalue weighted by atomic mass is 16.5. The molecule has 4 N–H and O–H groups in total. The molecule has 0 amide bonds. The van der Waals surface area contributed by atoms with Gasteiger partial charge in [-0.2, -0.15) is 10.2 Å². The summed E-state index contributed by atoms with van der Waals surface area (Å²) < 4.78 is 5.66. The minimum Gasteiger partial charge on any atom is -0.476 e. The van der Waals surface area contributed by atoms with Gasteiger partial charge in [-0.25, -0.2) is 0 Å². The summed E-state index contributed by atoms with van der Waals surface area (Å²) in [6.07, 6.45) is 2.30. The zero-order valence-electron chi connectivity index (χ0n) is 11.1. The van der Waals surface area contributed by atoms with Gasteiger partial charge in [-0.15, -0.1) is 0 Å². The lowest BCUT2D eigenvalue weighted by molar-refractivity contribution is 0.147. The van der Waals surface area contributed by atoms with Gasteiger partial charge in [0.15, 0.2) is 0 Å². The zero-order chi connectivity index (χ0) is 13.8. The number of rotatable bonds is 3. The Morgan fingerprint density at radius 1 is 1.58 bits per heavy atom. The molecule has 0 saturated carbocycles. The number of nitriles is 1. The first kappa shape index (κ1) is 13.4. The van der Waals surface area contributed by atoms with Gasteiger partial charge in [-0.3, -0.25) is 0 Å². The highest BCUT2D eigenvalue weighted by molar-refractivity contribution is 5.62. The van der Waals surface area contributed by atoms with Crippen LogP contribution in [0.4, 0.5) is 11.5 Å². The average Bonchev–Trinajstić information content (AvgIpc) is 2.36. The van der Waals surface area contributed by atoms with E-state index in [1.165, 1.54) is 12.5 Å². The van der Waals surface area contributed by atoms with Crippen molar-refractivity contribution in [1.82, 2.24) is 9.88 Å². The Labute approximate surface area is 113 Å². The van der Waals surface area contributed by atoms with Crippen LogP contribution in [-0.4, -0.2) is 36.6 Å². The van der Waals surface area contributed by atoms with Gasteiger partial charge in [0, 0.05) is 18.5 Å². The lowest BCUT2D eigenvalue weighted by atomic mass is 10.00. The van der Waals surface area contributed by atoms with Crippen LogP contribution in [0.5, 0.6) is 5.88 Å². The van der Waals surface area contributed by atoms with Crippen LogP contribution < -0.4 is 16.2 Å². The van der Waals surface area contributed by atoms with Crippen LogP contribution in [0.25, 0.3) is 0 Å². The van der Waals surface area contributed by atoms with Crippen LogP contribution in [0.2, 0.25) is 0 Å². The SMILES string of the molecule is CN1CCC[C@H](COc2nc(N)cc(N)c2C#N)C1. The molecule has 2 heterocycles. The molecule has 102 valence electrons. The fraction of sp³-hybridized carbons (Fsp3) is 0.538. The van der Waals surface area contributed by atoms with Gasteiger partial charge in [0.1, 0.15) is 17.5 Å². The molecule has 0 radical (unpaired) electrons. The molecule has 19 heavy (non-hydrogen) atoms. The maximum Gasteiger partial charge on any atom is 0.235 e. The Bertz CT molecular complexity index is 497. The predicted octanol–water partition coefficient (Wildman–Crippen LogP) is 0.838. The van der Waals surface area contributed by atoms with Gasteiger partial charge in [-0.05, 0) is 26.4 Å². The molecule has 0 spiro atoms. The van der Waals surface area contributed by atoms with Crippen LogP contribution in [0, 0.1) is 17.2 Å². The van der Waals surface area contributed by atoms with Crippen LogP contribution in [0.15, 0.2) is 6.07 Å². The van der Waals surface area contributed by atoms with Gasteiger partial charge in [0.05, 0.1) is 12.3 Å². The summed E-state index contributed by atoms with van der Waals surface area (Å²) >= 11 is 0. The maximum atomic E-state index is 9.07. The van der Waals surface area contributed by atoms with Gasteiger partial charge in [-0.1, -0.05) is 0 Å². The molecular weight excluding hydrogens is 242 g/mol. The van der Waals surface area contributed by atoms with Crippen molar-refractivity contribution in [3.05, 3.63) is 11.6 Å². The second-order valence-electron chi connectivity index (χ2n) is 5.01. The molecule has 6 heteroatoms. The third kappa shape index (κ3) is 3.26. The number of anilines is 2. The second kappa shape index (κ2) is 5.76. The molecule has 1 aliphatic rings. The quantitative estimate of drug-likeness (QED) is 0.836. The summed E-state index contributed by atoms with van der Waals surface area (Å²) in [7, 11) is 2.10. The summed E-state index contributed by atoms with van der Waals surface area (Å²) in [6.45, 7) is 2.66. The van der Waals surface area contributed by atoms with E-state index < -0.39 is 0 Å². The predicted molar refractivity (Wildman–Crippen MR) is 73.5 cm³/mol. The number of nitrogens with two attached hydrogens (primary N) is 2. The summed E-state index contributed by atoms with van der Waals surface area (Å²) in [4.78, 5) is 6.33. The Morgan fingerprint density at radius 2 is 2.37 bits per heavy atom. The number of nitrogen functional groups attached to an aromatic ring is 2. The number of ether oxygens (including phenoxy) is 1. The molecule has 1 atom stereocenters. The first-order valence-electron chi connectivity index (χ1n) is 6.37. The average molecular weight is 261 g/mol. The number of aromatic nitrogens is 1. The van der Waals surface area contributed by atoms with E-state index in [1.807, 2.05) is 6.07 Å². The highest BCUT2D eigenvalue weighted by Gasteiger charge is 2.19. The Kier molecular flexibility index (Phi) is 4.07. The molecule has 2 rings (SSSR count). The third-order valence-electron chi connectivity index (χ3n) is 3.33. The molecule has 1 fully saturated rings. The molecule has 1 saturated heterocycles. The first-order valence-corrected chi connectivity index (χ1v) is 6.37. The smallest absolute Gasteiger partial charge is 0.235 e. The van der Waals surface area contributed by atoms with E-state index in [0.717, 1.165) is 19.5 Å². The largest absolute Gasteiger partial charge is 0.476 e. The highest BCUT2D eigenvalue weighted by Crippen LogP contribution is 2.25. The minimum atomic E-state index is 0.244. The fourth-order valence-electron chi connectivity index (χ4n) is 2.38. The molecular formula is C13H19N5O. The summed E-state index contributed by atoms with van der Waals surface area (Å²) in [5.41, 5.74) is 11.9. The minimum absolute atomic E-state index is 0.244.